The highest BCUT2D eigenvalue weighted by molar-refractivity contribution is 14.0. The SMILES string of the molecule is I.NC(=NCC1CCCO1)N1CCSCC1. The van der Waals surface area contributed by atoms with Gasteiger partial charge in [0.25, 0.3) is 0 Å². The number of rotatable bonds is 2. The highest BCUT2D eigenvalue weighted by atomic mass is 127. The average Bonchev–Trinajstić information content (AvgIpc) is 2.80. The van der Waals surface area contributed by atoms with Crippen LogP contribution in [0, 0.1) is 0 Å². The molecule has 2 N–H and O–H groups in total. The maximum absolute atomic E-state index is 5.94. The molecule has 2 aliphatic rings. The van der Waals surface area contributed by atoms with Gasteiger partial charge in [-0.25, -0.2) is 0 Å². The topological polar surface area (TPSA) is 50.9 Å². The Kier molecular flexibility index (Phi) is 6.83. The minimum atomic E-state index is 0. The normalized spacial score (nSPS) is 26.6. The van der Waals surface area contributed by atoms with E-state index < -0.39 is 0 Å². The quantitative estimate of drug-likeness (QED) is 0.458. The van der Waals surface area contributed by atoms with Crippen molar-refractivity contribution in [1.29, 1.82) is 0 Å². The molecule has 0 aromatic rings. The molecule has 2 rings (SSSR count). The lowest BCUT2D eigenvalue weighted by Crippen LogP contribution is -2.43. The van der Waals surface area contributed by atoms with E-state index in [1.165, 1.54) is 6.42 Å². The first-order valence-corrected chi connectivity index (χ1v) is 6.76. The smallest absolute Gasteiger partial charge is 0.191 e. The molecular weight excluding hydrogens is 337 g/mol. The molecule has 2 heterocycles. The van der Waals surface area contributed by atoms with Gasteiger partial charge in [-0.1, -0.05) is 0 Å². The minimum absolute atomic E-state index is 0. The lowest BCUT2D eigenvalue weighted by atomic mass is 10.2. The van der Waals surface area contributed by atoms with Gasteiger partial charge in [-0.3, -0.25) is 4.99 Å². The highest BCUT2D eigenvalue weighted by Gasteiger charge is 2.16. The van der Waals surface area contributed by atoms with Gasteiger partial charge in [0.2, 0.25) is 0 Å². The monoisotopic (exact) mass is 357 g/mol. The summed E-state index contributed by atoms with van der Waals surface area (Å²) >= 11 is 1.98. The standard InChI is InChI=1S/C10H19N3OS.HI/c11-10(13-3-6-15-7-4-13)12-8-9-2-1-5-14-9;/h9H,1-8H2,(H2,11,12);1H. The molecule has 94 valence electrons. The summed E-state index contributed by atoms with van der Waals surface area (Å²) in [5.74, 6) is 3.03. The van der Waals surface area contributed by atoms with Crippen LogP contribution in [0.25, 0.3) is 0 Å². The van der Waals surface area contributed by atoms with Gasteiger partial charge in [0.05, 0.1) is 12.6 Å². The van der Waals surface area contributed by atoms with E-state index in [0.29, 0.717) is 12.1 Å². The van der Waals surface area contributed by atoms with Crippen LogP contribution in [0.15, 0.2) is 4.99 Å². The molecule has 2 fully saturated rings. The van der Waals surface area contributed by atoms with Gasteiger partial charge in [-0.15, -0.1) is 24.0 Å². The molecule has 0 radical (unpaired) electrons. The van der Waals surface area contributed by atoms with Crippen LogP contribution in [0.4, 0.5) is 0 Å². The molecule has 2 aliphatic heterocycles. The molecular formula is C10H20IN3OS. The third kappa shape index (κ3) is 4.29. The number of halogens is 1. The zero-order chi connectivity index (χ0) is 10.5. The second-order valence-electron chi connectivity index (χ2n) is 3.93. The van der Waals surface area contributed by atoms with E-state index in [1.807, 2.05) is 11.8 Å². The van der Waals surface area contributed by atoms with Crippen LogP contribution in [-0.4, -0.2) is 54.7 Å². The van der Waals surface area contributed by atoms with E-state index in [-0.39, 0.29) is 24.0 Å². The Morgan fingerprint density at radius 1 is 1.44 bits per heavy atom. The Morgan fingerprint density at radius 2 is 2.19 bits per heavy atom. The molecule has 6 heteroatoms. The molecule has 1 atom stereocenters. The molecule has 1 unspecified atom stereocenters. The first kappa shape index (κ1) is 14.4. The Labute approximate surface area is 118 Å². The fraction of sp³-hybridized carbons (Fsp3) is 0.900. The molecule has 4 nitrogen and oxygen atoms in total. The molecule has 16 heavy (non-hydrogen) atoms. The highest BCUT2D eigenvalue weighted by Crippen LogP contribution is 2.12. The zero-order valence-electron chi connectivity index (χ0n) is 9.43. The molecule has 0 aromatic carbocycles. The van der Waals surface area contributed by atoms with Crippen molar-refractivity contribution in [2.75, 3.05) is 37.7 Å². The van der Waals surface area contributed by atoms with Crippen LogP contribution in [0.3, 0.4) is 0 Å². The number of nitrogens with zero attached hydrogens (tertiary/aromatic N) is 2. The van der Waals surface area contributed by atoms with Gasteiger partial charge in [-0.05, 0) is 12.8 Å². The molecule has 2 saturated heterocycles. The van der Waals surface area contributed by atoms with Crippen molar-refractivity contribution in [3.63, 3.8) is 0 Å². The third-order valence-corrected chi connectivity index (χ3v) is 3.76. The number of aliphatic imine (C=N–C) groups is 1. The van der Waals surface area contributed by atoms with E-state index in [9.17, 15) is 0 Å². The summed E-state index contributed by atoms with van der Waals surface area (Å²) in [6, 6.07) is 0. The molecule has 0 bridgehead atoms. The number of ether oxygens (including phenoxy) is 1. The fourth-order valence-electron chi connectivity index (χ4n) is 1.88. The summed E-state index contributed by atoms with van der Waals surface area (Å²) in [6.07, 6.45) is 2.61. The van der Waals surface area contributed by atoms with Crippen molar-refractivity contribution < 1.29 is 4.74 Å². The first-order valence-electron chi connectivity index (χ1n) is 5.60. The summed E-state index contributed by atoms with van der Waals surface area (Å²) in [7, 11) is 0. The minimum Gasteiger partial charge on any atom is -0.376 e. The van der Waals surface area contributed by atoms with Crippen molar-refractivity contribution >= 4 is 41.7 Å². The summed E-state index contributed by atoms with van der Waals surface area (Å²) < 4.78 is 5.51. The number of hydrogen-bond donors (Lipinski definition) is 1. The predicted molar refractivity (Wildman–Crippen MR) is 79.8 cm³/mol. The van der Waals surface area contributed by atoms with Crippen LogP contribution in [-0.2, 0) is 4.74 Å². The van der Waals surface area contributed by atoms with E-state index in [0.717, 1.165) is 44.2 Å². The summed E-state index contributed by atoms with van der Waals surface area (Å²) in [5.41, 5.74) is 5.94. The van der Waals surface area contributed by atoms with Gasteiger partial charge in [0, 0.05) is 31.2 Å². The van der Waals surface area contributed by atoms with Crippen LogP contribution >= 0.6 is 35.7 Å². The number of thioether (sulfide) groups is 1. The van der Waals surface area contributed by atoms with Crippen LogP contribution < -0.4 is 5.73 Å². The second kappa shape index (κ2) is 7.60. The fourth-order valence-corrected chi connectivity index (χ4v) is 2.78. The largest absolute Gasteiger partial charge is 0.376 e. The lowest BCUT2D eigenvalue weighted by molar-refractivity contribution is 0.117. The Bertz CT molecular complexity index is 228. The number of hydrogen-bond acceptors (Lipinski definition) is 3. The van der Waals surface area contributed by atoms with Crippen molar-refractivity contribution in [2.45, 2.75) is 18.9 Å². The van der Waals surface area contributed by atoms with Gasteiger partial charge >= 0.3 is 0 Å². The van der Waals surface area contributed by atoms with Gasteiger partial charge in [-0.2, -0.15) is 11.8 Å². The van der Waals surface area contributed by atoms with Crippen molar-refractivity contribution in [3.8, 4) is 0 Å². The van der Waals surface area contributed by atoms with Crippen molar-refractivity contribution in [2.24, 2.45) is 10.7 Å². The van der Waals surface area contributed by atoms with Gasteiger partial charge in [0.15, 0.2) is 5.96 Å². The van der Waals surface area contributed by atoms with E-state index in [4.69, 9.17) is 10.5 Å². The maximum Gasteiger partial charge on any atom is 0.191 e. The maximum atomic E-state index is 5.94. The molecule has 0 amide bonds. The third-order valence-electron chi connectivity index (χ3n) is 2.82. The zero-order valence-corrected chi connectivity index (χ0v) is 12.6. The van der Waals surface area contributed by atoms with Crippen molar-refractivity contribution in [3.05, 3.63) is 0 Å². The number of nitrogens with two attached hydrogens (primary N) is 1. The van der Waals surface area contributed by atoms with Gasteiger partial charge in [0.1, 0.15) is 0 Å². The van der Waals surface area contributed by atoms with E-state index in [1.54, 1.807) is 0 Å². The molecule has 0 spiro atoms. The Morgan fingerprint density at radius 3 is 2.81 bits per heavy atom. The summed E-state index contributed by atoms with van der Waals surface area (Å²) in [4.78, 5) is 6.59. The molecule has 0 aliphatic carbocycles. The van der Waals surface area contributed by atoms with Crippen LogP contribution in [0.5, 0.6) is 0 Å². The Balaban J connectivity index is 0.00000128. The summed E-state index contributed by atoms with van der Waals surface area (Å²) in [6.45, 7) is 3.69. The van der Waals surface area contributed by atoms with E-state index in [2.05, 4.69) is 9.89 Å². The first-order chi connectivity index (χ1) is 7.36. The lowest BCUT2D eigenvalue weighted by Gasteiger charge is -2.27. The van der Waals surface area contributed by atoms with Crippen LogP contribution in [0.2, 0.25) is 0 Å². The predicted octanol–water partition coefficient (Wildman–Crippen LogP) is 1.15. The van der Waals surface area contributed by atoms with Gasteiger partial charge < -0.3 is 15.4 Å². The average molecular weight is 357 g/mol. The summed E-state index contributed by atoms with van der Waals surface area (Å²) in [5, 5.41) is 0. The second-order valence-corrected chi connectivity index (χ2v) is 5.16. The molecule has 0 saturated carbocycles. The Hall–Kier alpha value is 0.310. The number of guanidine groups is 1. The van der Waals surface area contributed by atoms with E-state index >= 15 is 0 Å². The molecule has 0 aromatic heterocycles. The van der Waals surface area contributed by atoms with Crippen molar-refractivity contribution in [1.82, 2.24) is 4.90 Å². The van der Waals surface area contributed by atoms with Crippen LogP contribution in [0.1, 0.15) is 12.8 Å².